The molecule has 0 aliphatic carbocycles. The van der Waals surface area contributed by atoms with Crippen molar-refractivity contribution in [1.29, 1.82) is 0 Å². The highest BCUT2D eigenvalue weighted by Crippen LogP contribution is 2.24. The molecule has 2 amide bonds. The number of ether oxygens (including phenoxy) is 1. The Morgan fingerprint density at radius 1 is 1.07 bits per heavy atom. The summed E-state index contributed by atoms with van der Waals surface area (Å²) in [5.41, 5.74) is 1.66. The number of sulfonamides is 1. The van der Waals surface area contributed by atoms with E-state index in [0.29, 0.717) is 31.0 Å². The fraction of sp³-hybridized carbons (Fsp3) is 0.333. The van der Waals surface area contributed by atoms with Gasteiger partial charge in [-0.3, -0.25) is 9.59 Å². The smallest absolute Gasteiger partial charge is 0.257 e. The molecule has 160 valence electrons. The predicted octanol–water partition coefficient (Wildman–Crippen LogP) is 2.02. The first kappa shape index (κ1) is 21.9. The van der Waals surface area contributed by atoms with E-state index < -0.39 is 15.9 Å². The van der Waals surface area contributed by atoms with Crippen LogP contribution in [0.3, 0.4) is 0 Å². The second-order valence-corrected chi connectivity index (χ2v) is 8.76. The van der Waals surface area contributed by atoms with E-state index in [2.05, 4.69) is 10.6 Å². The normalized spacial score (nSPS) is 14.9. The van der Waals surface area contributed by atoms with Crippen molar-refractivity contribution in [3.8, 4) is 0 Å². The quantitative estimate of drug-likeness (QED) is 0.728. The Morgan fingerprint density at radius 3 is 2.47 bits per heavy atom. The number of benzene rings is 2. The van der Waals surface area contributed by atoms with Crippen molar-refractivity contribution in [1.82, 2.24) is 9.62 Å². The molecule has 8 nitrogen and oxygen atoms in total. The first-order chi connectivity index (χ1) is 14.3. The van der Waals surface area contributed by atoms with Crippen molar-refractivity contribution in [3.63, 3.8) is 0 Å². The lowest BCUT2D eigenvalue weighted by molar-refractivity contribution is 0.0730. The monoisotopic (exact) mass is 431 g/mol. The third-order valence-corrected chi connectivity index (χ3v) is 6.76. The van der Waals surface area contributed by atoms with E-state index in [4.69, 9.17) is 4.74 Å². The van der Waals surface area contributed by atoms with Crippen molar-refractivity contribution in [2.75, 3.05) is 38.2 Å². The van der Waals surface area contributed by atoms with Gasteiger partial charge < -0.3 is 15.4 Å². The molecule has 2 aromatic carbocycles. The van der Waals surface area contributed by atoms with E-state index >= 15 is 0 Å². The zero-order chi connectivity index (χ0) is 21.7. The lowest BCUT2D eigenvalue weighted by atomic mass is 10.1. The maximum atomic E-state index is 13.1. The van der Waals surface area contributed by atoms with E-state index in [0.717, 1.165) is 5.56 Å². The molecule has 3 rings (SSSR count). The molecular formula is C21H25N3O5S. The fourth-order valence-corrected chi connectivity index (χ4v) is 4.75. The van der Waals surface area contributed by atoms with Crippen molar-refractivity contribution in [2.45, 2.75) is 18.7 Å². The van der Waals surface area contributed by atoms with Crippen LogP contribution in [0.2, 0.25) is 0 Å². The highest BCUT2D eigenvalue weighted by molar-refractivity contribution is 7.89. The molecule has 0 bridgehead atoms. The summed E-state index contributed by atoms with van der Waals surface area (Å²) in [6.07, 6.45) is 0. The van der Waals surface area contributed by atoms with Crippen LogP contribution in [-0.4, -0.2) is 57.4 Å². The maximum absolute atomic E-state index is 13.1. The molecule has 2 aromatic rings. The SMILES string of the molecule is CCNC(=O)c1ccc(C)c(NC(=O)c2ccccc2S(=O)(=O)N2CCOCC2)c1. The Morgan fingerprint density at radius 2 is 1.77 bits per heavy atom. The molecule has 1 heterocycles. The second-order valence-electron chi connectivity index (χ2n) is 6.86. The Hall–Kier alpha value is -2.75. The Balaban J connectivity index is 1.90. The van der Waals surface area contributed by atoms with Gasteiger partial charge in [-0.1, -0.05) is 18.2 Å². The molecule has 0 atom stereocenters. The largest absolute Gasteiger partial charge is 0.379 e. The van der Waals surface area contributed by atoms with Crippen LogP contribution in [0.5, 0.6) is 0 Å². The van der Waals surface area contributed by atoms with Crippen LogP contribution in [-0.2, 0) is 14.8 Å². The van der Waals surface area contributed by atoms with Crippen LogP contribution in [0.15, 0.2) is 47.4 Å². The molecule has 1 saturated heterocycles. The van der Waals surface area contributed by atoms with E-state index in [-0.39, 0.29) is 29.5 Å². The minimum absolute atomic E-state index is 0.0480. The lowest BCUT2D eigenvalue weighted by Crippen LogP contribution is -2.41. The van der Waals surface area contributed by atoms with Gasteiger partial charge in [-0.25, -0.2) is 8.42 Å². The number of nitrogens with one attached hydrogen (secondary N) is 2. The summed E-state index contributed by atoms with van der Waals surface area (Å²) in [4.78, 5) is 25.1. The van der Waals surface area contributed by atoms with Gasteiger partial charge >= 0.3 is 0 Å². The number of anilines is 1. The van der Waals surface area contributed by atoms with E-state index in [9.17, 15) is 18.0 Å². The summed E-state index contributed by atoms with van der Waals surface area (Å²) < 4.78 is 32.7. The summed E-state index contributed by atoms with van der Waals surface area (Å²) in [7, 11) is -3.84. The van der Waals surface area contributed by atoms with E-state index in [1.54, 1.807) is 37.3 Å². The zero-order valence-corrected chi connectivity index (χ0v) is 17.8. The molecule has 0 radical (unpaired) electrons. The van der Waals surface area contributed by atoms with Gasteiger partial charge in [-0.05, 0) is 43.7 Å². The number of carbonyl (C=O) groups is 2. The van der Waals surface area contributed by atoms with Crippen molar-refractivity contribution in [2.24, 2.45) is 0 Å². The molecular weight excluding hydrogens is 406 g/mol. The maximum Gasteiger partial charge on any atom is 0.257 e. The second kappa shape index (κ2) is 9.38. The summed E-state index contributed by atoms with van der Waals surface area (Å²) >= 11 is 0. The molecule has 30 heavy (non-hydrogen) atoms. The zero-order valence-electron chi connectivity index (χ0n) is 17.0. The minimum atomic E-state index is -3.84. The molecule has 0 saturated carbocycles. The number of aryl methyl sites for hydroxylation is 1. The topological polar surface area (TPSA) is 105 Å². The minimum Gasteiger partial charge on any atom is -0.379 e. The third-order valence-electron chi connectivity index (χ3n) is 4.80. The fourth-order valence-electron chi connectivity index (χ4n) is 3.16. The van der Waals surface area contributed by atoms with Gasteiger partial charge in [-0.15, -0.1) is 0 Å². The average Bonchev–Trinajstić information content (AvgIpc) is 2.76. The number of nitrogens with zero attached hydrogens (tertiary/aromatic N) is 1. The molecule has 2 N–H and O–H groups in total. The van der Waals surface area contributed by atoms with E-state index in [1.165, 1.54) is 16.4 Å². The van der Waals surface area contributed by atoms with Crippen molar-refractivity contribution < 1.29 is 22.7 Å². The van der Waals surface area contributed by atoms with Gasteiger partial charge in [-0.2, -0.15) is 4.31 Å². The first-order valence-electron chi connectivity index (χ1n) is 9.71. The number of hydrogen-bond donors (Lipinski definition) is 2. The van der Waals surface area contributed by atoms with Gasteiger partial charge in [0.2, 0.25) is 10.0 Å². The Bertz CT molecular complexity index is 1050. The molecule has 0 spiro atoms. The Labute approximate surface area is 176 Å². The summed E-state index contributed by atoms with van der Waals surface area (Å²) in [5, 5.41) is 5.46. The average molecular weight is 432 g/mol. The van der Waals surface area contributed by atoms with Gasteiger partial charge in [0.1, 0.15) is 0 Å². The van der Waals surface area contributed by atoms with Crippen LogP contribution in [0.1, 0.15) is 33.2 Å². The van der Waals surface area contributed by atoms with Crippen LogP contribution in [0.25, 0.3) is 0 Å². The third kappa shape index (κ3) is 4.69. The summed E-state index contributed by atoms with van der Waals surface area (Å²) in [5.74, 6) is -0.804. The van der Waals surface area contributed by atoms with Gasteiger partial charge in [0.25, 0.3) is 11.8 Å². The molecule has 9 heteroatoms. The lowest BCUT2D eigenvalue weighted by Gasteiger charge is -2.26. The molecule has 0 unspecified atom stereocenters. The number of morpholine rings is 1. The molecule has 1 aliphatic rings. The molecule has 0 aromatic heterocycles. The van der Waals surface area contributed by atoms with Gasteiger partial charge in [0, 0.05) is 30.9 Å². The summed E-state index contributed by atoms with van der Waals surface area (Å²) in [6.45, 7) is 5.23. The van der Waals surface area contributed by atoms with Gasteiger partial charge in [0.15, 0.2) is 0 Å². The van der Waals surface area contributed by atoms with Crippen LogP contribution in [0, 0.1) is 6.92 Å². The predicted molar refractivity (Wildman–Crippen MR) is 113 cm³/mol. The first-order valence-corrected chi connectivity index (χ1v) is 11.2. The van der Waals surface area contributed by atoms with Crippen LogP contribution >= 0.6 is 0 Å². The van der Waals surface area contributed by atoms with Crippen molar-refractivity contribution >= 4 is 27.5 Å². The highest BCUT2D eigenvalue weighted by atomic mass is 32.2. The number of amides is 2. The number of carbonyl (C=O) groups excluding carboxylic acids is 2. The number of hydrogen-bond acceptors (Lipinski definition) is 5. The van der Waals surface area contributed by atoms with Crippen LogP contribution in [0.4, 0.5) is 5.69 Å². The highest BCUT2D eigenvalue weighted by Gasteiger charge is 2.30. The van der Waals surface area contributed by atoms with E-state index in [1.807, 2.05) is 6.92 Å². The van der Waals surface area contributed by atoms with Crippen LogP contribution < -0.4 is 10.6 Å². The molecule has 1 fully saturated rings. The Kier molecular flexibility index (Phi) is 6.86. The van der Waals surface area contributed by atoms with Crippen molar-refractivity contribution in [3.05, 3.63) is 59.2 Å². The molecule has 1 aliphatic heterocycles. The standard InChI is InChI=1S/C21H25N3O5S/c1-3-22-20(25)16-9-8-15(2)18(14-16)23-21(26)17-6-4-5-7-19(17)30(27,28)24-10-12-29-13-11-24/h4-9,14H,3,10-13H2,1-2H3,(H,22,25)(H,23,26). The van der Waals surface area contributed by atoms with Gasteiger partial charge in [0.05, 0.1) is 23.7 Å². The number of rotatable bonds is 6. The summed E-state index contributed by atoms with van der Waals surface area (Å²) in [6, 6.07) is 11.1.